The van der Waals surface area contributed by atoms with Crippen molar-refractivity contribution >= 4 is 16.1 Å². The molecule has 2 heterocycles. The fraction of sp³-hybridized carbons (Fsp3) is 0.367. The van der Waals surface area contributed by atoms with Crippen LogP contribution in [0.3, 0.4) is 0 Å². The van der Waals surface area contributed by atoms with Gasteiger partial charge in [0.05, 0.1) is 22.5 Å². The molecule has 1 N–H and O–H groups in total. The second-order valence-electron chi connectivity index (χ2n) is 11.4. The predicted octanol–water partition coefficient (Wildman–Crippen LogP) is 5.11. The van der Waals surface area contributed by atoms with E-state index in [1.807, 2.05) is 29.1 Å². The zero-order valence-corrected chi connectivity index (χ0v) is 23.1. The average molecular weight is 535 g/mol. The number of benzene rings is 2. The number of aromatic nitrogens is 2. The average Bonchev–Trinajstić information content (AvgIpc) is 3.29. The topological polar surface area (TPSA) is 67.2 Å². The Morgan fingerprint density at radius 1 is 1.13 bits per heavy atom. The Bertz CT molecular complexity index is 1470. The number of halogens is 1. The summed E-state index contributed by atoms with van der Waals surface area (Å²) in [7, 11) is -3.66. The van der Waals surface area contributed by atoms with Gasteiger partial charge in [-0.05, 0) is 71.9 Å². The van der Waals surface area contributed by atoms with Crippen LogP contribution < -0.4 is 5.32 Å². The van der Waals surface area contributed by atoms with E-state index in [2.05, 4.69) is 43.8 Å². The third-order valence-electron chi connectivity index (χ3n) is 7.70. The summed E-state index contributed by atoms with van der Waals surface area (Å²) >= 11 is 0. The quantitative estimate of drug-likeness (QED) is 0.338. The number of nitrogens with one attached hydrogen (secondary N) is 1. The van der Waals surface area contributed by atoms with Gasteiger partial charge in [0.15, 0.2) is 0 Å². The molecule has 1 saturated heterocycles. The van der Waals surface area contributed by atoms with E-state index in [1.165, 1.54) is 17.7 Å². The van der Waals surface area contributed by atoms with Crippen molar-refractivity contribution < 1.29 is 12.8 Å². The molecule has 1 fully saturated rings. The summed E-state index contributed by atoms with van der Waals surface area (Å²) in [6, 6.07) is 13.6. The van der Waals surface area contributed by atoms with Crippen LogP contribution in [-0.4, -0.2) is 48.7 Å². The monoisotopic (exact) mass is 534 g/mol. The van der Waals surface area contributed by atoms with E-state index in [0.29, 0.717) is 43.9 Å². The molecule has 38 heavy (non-hydrogen) atoms. The molecule has 1 aliphatic heterocycles. The molecule has 0 radical (unpaired) electrons. The van der Waals surface area contributed by atoms with Gasteiger partial charge in [0.2, 0.25) is 10.0 Å². The second kappa shape index (κ2) is 9.91. The van der Waals surface area contributed by atoms with Crippen molar-refractivity contribution in [2.24, 2.45) is 5.41 Å². The molecule has 1 atom stereocenters. The summed E-state index contributed by atoms with van der Waals surface area (Å²) in [4.78, 5) is 0.327. The summed E-state index contributed by atoms with van der Waals surface area (Å²) in [6.07, 6.45) is 7.11. The van der Waals surface area contributed by atoms with Crippen LogP contribution >= 0.6 is 0 Å². The lowest BCUT2D eigenvalue weighted by atomic mass is 9.68. The molecule has 6 nitrogen and oxygen atoms in total. The van der Waals surface area contributed by atoms with E-state index in [1.54, 1.807) is 28.6 Å². The Morgan fingerprint density at radius 3 is 2.50 bits per heavy atom. The minimum Gasteiger partial charge on any atom is -0.312 e. The fourth-order valence-corrected chi connectivity index (χ4v) is 7.08. The molecule has 5 rings (SSSR count). The minimum atomic E-state index is -3.66. The van der Waals surface area contributed by atoms with Crippen molar-refractivity contribution in [1.29, 1.82) is 0 Å². The highest BCUT2D eigenvalue weighted by atomic mass is 32.2. The highest BCUT2D eigenvalue weighted by Gasteiger charge is 2.45. The summed E-state index contributed by atoms with van der Waals surface area (Å²) in [5, 5.41) is 8.06. The Hall–Kier alpha value is -3.07. The first kappa shape index (κ1) is 26.5. The standard InChI is InChI=1S/C30H35FN4O2S/c1-5-15-32-20-30-18-22-19-33-35(26-10-8-25(31)9-11-26)28(22)17-24(30)14-16-34(21-30)38(36,37)27-12-6-23(7-13-27)29(2,3)4/h5-13,17,19,32H,1,14-16,18,20-21H2,2-4H3. The van der Waals surface area contributed by atoms with Crippen molar-refractivity contribution in [2.45, 2.75) is 43.9 Å². The first-order valence-electron chi connectivity index (χ1n) is 13.0. The van der Waals surface area contributed by atoms with Crippen LogP contribution in [0.1, 0.15) is 44.0 Å². The molecule has 2 aliphatic rings. The molecule has 0 amide bonds. The molecule has 1 aromatic heterocycles. The second-order valence-corrected chi connectivity index (χ2v) is 13.3. The highest BCUT2D eigenvalue weighted by Crippen LogP contribution is 2.45. The Balaban J connectivity index is 1.48. The molecule has 0 bridgehead atoms. The van der Waals surface area contributed by atoms with Gasteiger partial charge in [-0.3, -0.25) is 0 Å². The van der Waals surface area contributed by atoms with Crippen molar-refractivity contribution in [2.75, 3.05) is 26.2 Å². The number of hydrogen-bond donors (Lipinski definition) is 1. The van der Waals surface area contributed by atoms with E-state index in [0.717, 1.165) is 22.5 Å². The predicted molar refractivity (Wildman–Crippen MR) is 149 cm³/mol. The van der Waals surface area contributed by atoms with Gasteiger partial charge in [-0.25, -0.2) is 17.5 Å². The smallest absolute Gasteiger partial charge is 0.243 e. The zero-order chi connectivity index (χ0) is 27.1. The lowest BCUT2D eigenvalue weighted by Crippen LogP contribution is -2.53. The first-order chi connectivity index (χ1) is 18.0. The SMILES string of the molecule is C=CCNCC12Cc3cnn(-c4ccc(F)cc4)c3C=C1CCN(S(=O)(=O)c1ccc(C(C)(C)C)cc1)C2. The van der Waals surface area contributed by atoms with Crippen molar-refractivity contribution in [3.63, 3.8) is 0 Å². The van der Waals surface area contributed by atoms with E-state index >= 15 is 0 Å². The van der Waals surface area contributed by atoms with Crippen LogP contribution in [0.2, 0.25) is 0 Å². The summed E-state index contributed by atoms with van der Waals surface area (Å²) in [6.45, 7) is 12.2. The van der Waals surface area contributed by atoms with Crippen LogP contribution in [0.4, 0.5) is 4.39 Å². The molecule has 2 aromatic carbocycles. The lowest BCUT2D eigenvalue weighted by molar-refractivity contribution is 0.206. The van der Waals surface area contributed by atoms with Gasteiger partial charge in [-0.2, -0.15) is 9.40 Å². The number of fused-ring (bicyclic) bond motifs is 2. The van der Waals surface area contributed by atoms with E-state index < -0.39 is 15.4 Å². The van der Waals surface area contributed by atoms with E-state index in [4.69, 9.17) is 0 Å². The van der Waals surface area contributed by atoms with Gasteiger partial charge >= 0.3 is 0 Å². The number of hydrogen-bond acceptors (Lipinski definition) is 4. The third kappa shape index (κ3) is 4.88. The van der Waals surface area contributed by atoms with Crippen molar-refractivity contribution in [3.05, 3.63) is 95.6 Å². The minimum absolute atomic E-state index is 0.0495. The maximum atomic E-state index is 13.8. The van der Waals surface area contributed by atoms with Crippen LogP contribution in [0.15, 0.2) is 77.9 Å². The van der Waals surface area contributed by atoms with E-state index in [-0.39, 0.29) is 11.2 Å². The molecule has 1 unspecified atom stereocenters. The largest absolute Gasteiger partial charge is 0.312 e. The maximum Gasteiger partial charge on any atom is 0.243 e. The molecule has 200 valence electrons. The van der Waals surface area contributed by atoms with Gasteiger partial charge in [0.1, 0.15) is 5.82 Å². The fourth-order valence-electron chi connectivity index (χ4n) is 5.55. The van der Waals surface area contributed by atoms with Gasteiger partial charge < -0.3 is 5.32 Å². The van der Waals surface area contributed by atoms with Crippen LogP contribution in [0, 0.1) is 11.2 Å². The van der Waals surface area contributed by atoms with Crippen molar-refractivity contribution in [3.8, 4) is 5.69 Å². The number of sulfonamides is 1. The molecular weight excluding hydrogens is 499 g/mol. The Kier molecular flexibility index (Phi) is 6.92. The normalized spacial score (nSPS) is 19.9. The number of nitrogens with zero attached hydrogens (tertiary/aromatic N) is 3. The van der Waals surface area contributed by atoms with Gasteiger partial charge in [-0.15, -0.1) is 6.58 Å². The summed E-state index contributed by atoms with van der Waals surface area (Å²) in [5.41, 5.74) is 4.67. The maximum absolute atomic E-state index is 13.8. The summed E-state index contributed by atoms with van der Waals surface area (Å²) in [5.74, 6) is -0.290. The molecule has 1 aliphatic carbocycles. The summed E-state index contributed by atoms with van der Waals surface area (Å²) < 4.78 is 44.5. The van der Waals surface area contributed by atoms with Crippen LogP contribution in [-0.2, 0) is 21.9 Å². The number of piperidine rings is 1. The van der Waals surface area contributed by atoms with Gasteiger partial charge in [0.25, 0.3) is 0 Å². The van der Waals surface area contributed by atoms with Gasteiger partial charge in [0, 0.05) is 31.6 Å². The molecule has 8 heteroatoms. The van der Waals surface area contributed by atoms with Crippen LogP contribution in [0.5, 0.6) is 0 Å². The first-order valence-corrected chi connectivity index (χ1v) is 14.4. The van der Waals surface area contributed by atoms with Crippen molar-refractivity contribution in [1.82, 2.24) is 19.4 Å². The van der Waals surface area contributed by atoms with Crippen LogP contribution in [0.25, 0.3) is 11.8 Å². The highest BCUT2D eigenvalue weighted by molar-refractivity contribution is 7.89. The third-order valence-corrected chi connectivity index (χ3v) is 9.56. The van der Waals surface area contributed by atoms with Gasteiger partial charge in [-0.1, -0.05) is 44.6 Å². The Morgan fingerprint density at radius 2 is 1.84 bits per heavy atom. The Labute approximate surface area is 224 Å². The molecule has 0 saturated carbocycles. The van der Waals surface area contributed by atoms with E-state index in [9.17, 15) is 12.8 Å². The number of rotatable bonds is 7. The molecular formula is C30H35FN4O2S. The molecule has 3 aromatic rings. The zero-order valence-electron chi connectivity index (χ0n) is 22.2. The molecule has 0 spiro atoms. The lowest BCUT2D eigenvalue weighted by Gasteiger charge is -2.46.